The first-order valence-corrected chi connectivity index (χ1v) is 5.49. The zero-order chi connectivity index (χ0) is 2.00. The molecule has 0 aliphatic rings. The third-order valence-corrected chi connectivity index (χ3v) is 0. The maximum absolute atomic E-state index is 2.60. The van der Waals surface area contributed by atoms with Crippen molar-refractivity contribution >= 4 is 12.8 Å². The van der Waals surface area contributed by atoms with Crippen LogP contribution in [0.15, 0.2) is 0 Å². The molecule has 0 unspecified atom stereocenters. The molecule has 1 radical (unpaired) electrons. The van der Waals surface area contributed by atoms with Gasteiger partial charge in [-0.05, 0) is 0 Å². The van der Waals surface area contributed by atoms with Crippen LogP contribution in [0.25, 0.3) is 0 Å². The standard InChI is InChI=1S/Co.Ni.Pt.Se. The minimum atomic E-state index is 0. The van der Waals surface area contributed by atoms with Crippen molar-refractivity contribution in [1.82, 2.24) is 0 Å². The molecule has 0 bridgehead atoms. The molecular formula is CoNiPtSe. The first kappa shape index (κ1) is 16.4. The van der Waals surface area contributed by atoms with Gasteiger partial charge in [0.25, 0.3) is 0 Å². The van der Waals surface area contributed by atoms with Crippen molar-refractivity contribution in [2.24, 2.45) is 0 Å². The molecule has 0 aromatic rings. The Bertz CT molecular complexity index is 8.00. The molecule has 0 aromatic carbocycles. The van der Waals surface area contributed by atoms with Gasteiger partial charge in [-0.3, -0.25) is 0 Å². The molecule has 4 heavy (non-hydrogen) atoms. The fourth-order valence-electron chi connectivity index (χ4n) is 0. The van der Waals surface area contributed by atoms with Crippen molar-refractivity contribution in [1.29, 1.82) is 0 Å². The van der Waals surface area contributed by atoms with Gasteiger partial charge in [0.1, 0.15) is 0 Å². The van der Waals surface area contributed by atoms with Crippen LogP contribution in [0.3, 0.4) is 0 Å². The van der Waals surface area contributed by atoms with E-state index >= 15 is 0 Å². The van der Waals surface area contributed by atoms with Gasteiger partial charge in [0.05, 0.1) is 0 Å². The van der Waals surface area contributed by atoms with E-state index in [-0.39, 0.29) is 33.3 Å². The average Bonchev–Trinajstić information content (AvgIpc) is 1.00. The topological polar surface area (TPSA) is 0 Å². The number of hydrogen-bond acceptors (Lipinski definition) is 0. The van der Waals surface area contributed by atoms with Crippen LogP contribution in [0.1, 0.15) is 0 Å². The Kier molecular flexibility index (Phi) is 77.4. The summed E-state index contributed by atoms with van der Waals surface area (Å²) in [6.45, 7) is 0. The van der Waals surface area contributed by atoms with Crippen LogP contribution in [0.2, 0.25) is 0 Å². The average molecular weight is 392 g/mol. The first-order valence-electron chi connectivity index (χ1n) is 0.129. The minimum absolute atomic E-state index is 0. The third-order valence-electron chi connectivity index (χ3n) is 0. The Morgan fingerprint density at radius 2 is 1.25 bits per heavy atom. The molecule has 0 aliphatic heterocycles. The second-order valence-corrected chi connectivity index (χ2v) is 0. The van der Waals surface area contributed by atoms with Crippen LogP contribution in [0.4, 0.5) is 0 Å². The monoisotopic (exact) mass is 392 g/mol. The first-order chi connectivity index (χ1) is 1.00. The van der Waals surface area contributed by atoms with E-state index in [0.717, 1.165) is 0 Å². The third kappa shape index (κ3) is 8.88. The van der Waals surface area contributed by atoms with Crippen LogP contribution < -0.4 is 0 Å². The van der Waals surface area contributed by atoms with E-state index in [1.165, 1.54) is 0 Å². The Hall–Kier alpha value is 2.21. The fraction of sp³-hybridized carbons (Fsp3) is 0. The van der Waals surface area contributed by atoms with Crippen molar-refractivity contribution in [3.05, 3.63) is 0 Å². The van der Waals surface area contributed by atoms with E-state index < -0.39 is 0 Å². The molecule has 0 saturated carbocycles. The van der Waals surface area contributed by atoms with Gasteiger partial charge in [-0.25, -0.2) is 0 Å². The van der Waals surface area contributed by atoms with Gasteiger partial charge in [0, 0.05) is 33.3 Å². The van der Waals surface area contributed by atoms with Crippen molar-refractivity contribution in [2.45, 2.75) is 0 Å². The van der Waals surface area contributed by atoms with E-state index in [9.17, 15) is 0 Å². The molecule has 35 valence electrons. The van der Waals surface area contributed by atoms with Crippen LogP contribution in [-0.4, -0.2) is 12.8 Å². The SMILES string of the molecule is [Co].[Ni].[Se]=[Pt]. The maximum atomic E-state index is 2.60. The van der Waals surface area contributed by atoms with Crippen molar-refractivity contribution in [2.75, 3.05) is 0 Å². The van der Waals surface area contributed by atoms with E-state index in [4.69, 9.17) is 0 Å². The molecule has 0 rings (SSSR count). The van der Waals surface area contributed by atoms with E-state index in [2.05, 4.69) is 12.8 Å². The molecule has 0 heterocycles. The summed E-state index contributed by atoms with van der Waals surface area (Å²) in [5, 5.41) is 0. The molecule has 0 aliphatic carbocycles. The molecule has 0 spiro atoms. The molecular weight excluding hydrogens is 392 g/mol. The second-order valence-electron chi connectivity index (χ2n) is 0. The normalized spacial score (nSPS) is 1.50. The van der Waals surface area contributed by atoms with Crippen molar-refractivity contribution in [3.8, 4) is 0 Å². The van der Waals surface area contributed by atoms with Gasteiger partial charge in [-0.2, -0.15) is 0 Å². The quantitative estimate of drug-likeness (QED) is 0.494. The summed E-state index contributed by atoms with van der Waals surface area (Å²) < 4.78 is 0. The van der Waals surface area contributed by atoms with Gasteiger partial charge in [0.15, 0.2) is 0 Å². The Morgan fingerprint density at radius 3 is 1.25 bits per heavy atom. The van der Waals surface area contributed by atoms with Crippen molar-refractivity contribution in [3.63, 3.8) is 0 Å². The van der Waals surface area contributed by atoms with E-state index in [1.807, 2.05) is 17.2 Å². The predicted octanol–water partition coefficient (Wildman–Crippen LogP) is -0.388. The molecule has 0 saturated heterocycles. The van der Waals surface area contributed by atoms with Gasteiger partial charge in [-0.1, -0.05) is 0 Å². The molecule has 0 aromatic heterocycles. The number of hydrogen-bond donors (Lipinski definition) is 0. The summed E-state index contributed by atoms with van der Waals surface area (Å²) in [4.78, 5) is 0. The summed E-state index contributed by atoms with van der Waals surface area (Å²) in [7, 11) is 0. The Labute approximate surface area is 62.6 Å². The zero-order valence-corrected chi connectivity index (χ0v) is 7.39. The molecule has 0 amide bonds. The van der Waals surface area contributed by atoms with E-state index in [0.29, 0.717) is 0 Å². The fourth-order valence-corrected chi connectivity index (χ4v) is 0. The van der Waals surface area contributed by atoms with Crippen LogP contribution in [0, 0.1) is 0 Å². The van der Waals surface area contributed by atoms with Gasteiger partial charge in [0.2, 0.25) is 0 Å². The van der Waals surface area contributed by atoms with Crippen LogP contribution in [-0.2, 0) is 50.4 Å². The predicted molar refractivity (Wildman–Crippen MR) is 5.75 cm³/mol. The summed E-state index contributed by atoms with van der Waals surface area (Å²) in [5.74, 6) is 0. The van der Waals surface area contributed by atoms with Crippen LogP contribution >= 0.6 is 0 Å². The summed E-state index contributed by atoms with van der Waals surface area (Å²) in [5.41, 5.74) is 0. The summed E-state index contributed by atoms with van der Waals surface area (Å²) in [6.07, 6.45) is 0. The second kappa shape index (κ2) is 18.9. The van der Waals surface area contributed by atoms with Gasteiger partial charge in [-0.15, -0.1) is 0 Å². The molecule has 4 heteroatoms. The van der Waals surface area contributed by atoms with Gasteiger partial charge < -0.3 is 0 Å². The molecule has 0 nitrogen and oxygen atoms in total. The van der Waals surface area contributed by atoms with Gasteiger partial charge >= 0.3 is 30.0 Å². The van der Waals surface area contributed by atoms with E-state index in [1.54, 1.807) is 0 Å². The molecule has 0 N–H and O–H groups in total. The molecule has 0 atom stereocenters. The molecule has 0 fully saturated rings. The Balaban J connectivity index is -0.00000000500. The summed E-state index contributed by atoms with van der Waals surface area (Å²) in [6, 6.07) is 0. The Morgan fingerprint density at radius 1 is 1.25 bits per heavy atom. The van der Waals surface area contributed by atoms with Crippen molar-refractivity contribution < 1.29 is 50.4 Å². The zero-order valence-electron chi connectivity index (χ0n) is 1.37. The summed E-state index contributed by atoms with van der Waals surface area (Å²) >= 11 is 4.61. The number of rotatable bonds is 0. The van der Waals surface area contributed by atoms with Crippen LogP contribution in [0.5, 0.6) is 0 Å².